The average molecular weight is 1110 g/mol. The molecule has 3 aromatic heterocycles. The maximum atomic E-state index is 2.69. The molecule has 0 bridgehead atoms. The van der Waals surface area contributed by atoms with Gasteiger partial charge in [-0.05, 0) is 158 Å². The highest BCUT2D eigenvalue weighted by atomic mass is 15.2. The summed E-state index contributed by atoms with van der Waals surface area (Å²) in [4.78, 5) is 2.69. The Morgan fingerprint density at radius 2 is 0.640 bits per heavy atom. The maximum Gasteiger partial charge on any atom is 0.247 e. The van der Waals surface area contributed by atoms with Crippen molar-refractivity contribution in [2.24, 2.45) is 0 Å². The summed E-state index contributed by atoms with van der Waals surface area (Å²) in [6.07, 6.45) is 0. The molecule has 2 aliphatic heterocycles. The minimum atomic E-state index is -0.0740. The van der Waals surface area contributed by atoms with Crippen LogP contribution in [0.1, 0.15) is 86.1 Å². The quantitative estimate of drug-likeness (QED) is 0.157. The third-order valence-electron chi connectivity index (χ3n) is 19.6. The highest BCUT2D eigenvalue weighted by Gasteiger charge is 2.46. The second kappa shape index (κ2) is 18.6. The number of hydrogen-bond donors (Lipinski definition) is 0. The van der Waals surface area contributed by atoms with Gasteiger partial charge in [-0.2, -0.15) is 0 Å². The third kappa shape index (κ3) is 7.57. The number of nitrogens with zero attached hydrogens (tertiary/aromatic N) is 4. The molecule has 6 heteroatoms. The van der Waals surface area contributed by atoms with E-state index < -0.39 is 0 Å². The SMILES string of the molecule is Cc1cc(C)c(B2c3cc(C(C)(C)C)ccc3N3c4ccc(C(C)(C)C)cc4B(c4c(C)cc(C)cc4C)c4cc(-n5c6ccccc6c6ccc7c8ccccc8n(-c8ccc(-n9c%10ccccc%10c%10ccccc%109)cc8)c7c65)cc2c43)c(C)c1. The molecule has 0 spiro atoms. The standard InChI is InChI=1S/C80H70B2N4/c1-47-39-49(3)74(50(4)40-47)81-64-43-53(79(7,8)9)29-37-72(64)86-73-38-30-54(80(10,11)12)44-65(73)82(75-51(5)41-48(2)42-52(75)6)67-46-57(45-66(81)78(67)86)85-71-28-20-16-24-61(71)63-36-35-62-60-23-15-19-27-70(60)84(76(62)77(63)85)56-33-31-55(32-34-56)83-68-25-17-13-21-58(68)59-22-14-18-26-69(59)83/h13-46H,1-12H3. The van der Waals surface area contributed by atoms with E-state index in [1.165, 1.54) is 165 Å². The molecule has 0 amide bonds. The normalized spacial score (nSPS) is 13.3. The Balaban J connectivity index is 1.05. The molecule has 11 aromatic carbocycles. The largest absolute Gasteiger partial charge is 0.313 e. The van der Waals surface area contributed by atoms with Crippen molar-refractivity contribution in [2.75, 3.05) is 4.90 Å². The second-order valence-corrected chi connectivity index (χ2v) is 27.3. The highest BCUT2D eigenvalue weighted by Crippen LogP contribution is 2.45. The summed E-state index contributed by atoms with van der Waals surface area (Å²) in [7, 11) is 0. The predicted octanol–water partition coefficient (Wildman–Crippen LogP) is 16.6. The van der Waals surface area contributed by atoms with Crippen molar-refractivity contribution in [3.05, 3.63) is 251 Å². The van der Waals surface area contributed by atoms with Gasteiger partial charge in [0.05, 0.1) is 33.1 Å². The van der Waals surface area contributed by atoms with Crippen molar-refractivity contribution in [1.29, 1.82) is 0 Å². The van der Waals surface area contributed by atoms with Crippen molar-refractivity contribution in [3.8, 4) is 17.1 Å². The maximum absolute atomic E-state index is 2.69. The number of benzene rings is 11. The fourth-order valence-electron chi connectivity index (χ4n) is 16.0. The molecule has 86 heavy (non-hydrogen) atoms. The molecular formula is C80H70B2N4. The number of rotatable bonds is 5. The van der Waals surface area contributed by atoms with Crippen LogP contribution in [0.15, 0.2) is 206 Å². The van der Waals surface area contributed by atoms with E-state index in [1.54, 1.807) is 0 Å². The summed E-state index contributed by atoms with van der Waals surface area (Å²) in [6.45, 7) is 28.0. The molecule has 0 saturated heterocycles. The smallest absolute Gasteiger partial charge is 0.247 e. The number of aryl methyl sites for hydroxylation is 6. The highest BCUT2D eigenvalue weighted by molar-refractivity contribution is 7.02. The van der Waals surface area contributed by atoms with Gasteiger partial charge in [-0.25, -0.2) is 0 Å². The van der Waals surface area contributed by atoms with Crippen LogP contribution >= 0.6 is 0 Å². The van der Waals surface area contributed by atoms with Crippen LogP contribution in [0.4, 0.5) is 17.1 Å². The molecule has 14 aromatic rings. The number of aromatic nitrogens is 3. The van der Waals surface area contributed by atoms with Crippen molar-refractivity contribution in [3.63, 3.8) is 0 Å². The van der Waals surface area contributed by atoms with Crippen molar-refractivity contribution in [2.45, 2.75) is 93.9 Å². The van der Waals surface area contributed by atoms with Gasteiger partial charge in [-0.15, -0.1) is 0 Å². The van der Waals surface area contributed by atoms with E-state index in [9.17, 15) is 0 Å². The zero-order valence-corrected chi connectivity index (χ0v) is 51.6. The predicted molar refractivity (Wildman–Crippen MR) is 372 cm³/mol. The lowest BCUT2D eigenvalue weighted by atomic mass is 9.29. The monoisotopic (exact) mass is 1110 g/mol. The summed E-state index contributed by atoms with van der Waals surface area (Å²) in [5.41, 5.74) is 33.0. The lowest BCUT2D eigenvalue weighted by Crippen LogP contribution is -2.66. The summed E-state index contributed by atoms with van der Waals surface area (Å²) in [6, 6.07) is 79.7. The summed E-state index contributed by atoms with van der Waals surface area (Å²) >= 11 is 0. The molecule has 0 aliphatic carbocycles. The first-order valence-corrected chi connectivity index (χ1v) is 30.9. The Kier molecular flexibility index (Phi) is 11.3. The van der Waals surface area contributed by atoms with Gasteiger partial charge in [0.25, 0.3) is 0 Å². The average Bonchev–Trinajstić information content (AvgIpc) is 1.14. The van der Waals surface area contributed by atoms with E-state index in [-0.39, 0.29) is 24.3 Å². The third-order valence-corrected chi connectivity index (χ3v) is 19.6. The molecule has 0 atom stereocenters. The van der Waals surface area contributed by atoms with Gasteiger partial charge < -0.3 is 18.6 Å². The van der Waals surface area contributed by atoms with E-state index in [2.05, 4.69) is 308 Å². The molecule has 16 rings (SSSR count). The molecule has 2 aliphatic rings. The van der Waals surface area contributed by atoms with Crippen LogP contribution in [0.25, 0.3) is 82.5 Å². The van der Waals surface area contributed by atoms with Crippen molar-refractivity contribution in [1.82, 2.24) is 13.7 Å². The second-order valence-electron chi connectivity index (χ2n) is 27.3. The van der Waals surface area contributed by atoms with Gasteiger partial charge >= 0.3 is 0 Å². The molecular weight excluding hydrogens is 1040 g/mol. The van der Waals surface area contributed by atoms with E-state index in [1.807, 2.05) is 0 Å². The Morgan fingerprint density at radius 3 is 1.02 bits per heavy atom. The number of hydrogen-bond acceptors (Lipinski definition) is 1. The first-order chi connectivity index (χ1) is 41.4. The zero-order chi connectivity index (χ0) is 59.0. The van der Waals surface area contributed by atoms with Crippen LogP contribution in [0.5, 0.6) is 0 Å². The van der Waals surface area contributed by atoms with Gasteiger partial charge in [0.1, 0.15) is 0 Å². The van der Waals surface area contributed by atoms with Gasteiger partial charge in [0.15, 0.2) is 0 Å². The summed E-state index contributed by atoms with van der Waals surface area (Å²) < 4.78 is 7.64. The molecule has 0 fully saturated rings. The molecule has 0 N–H and O–H groups in total. The van der Waals surface area contributed by atoms with E-state index in [0.717, 1.165) is 11.4 Å². The topological polar surface area (TPSA) is 18.0 Å². The number of fused-ring (bicyclic) bond motifs is 14. The Hall–Kier alpha value is -9.25. The van der Waals surface area contributed by atoms with Crippen molar-refractivity contribution < 1.29 is 0 Å². The molecule has 4 nitrogen and oxygen atoms in total. The summed E-state index contributed by atoms with van der Waals surface area (Å²) in [5, 5.41) is 7.46. The van der Waals surface area contributed by atoms with Crippen LogP contribution in [-0.4, -0.2) is 27.1 Å². The lowest BCUT2D eigenvalue weighted by Gasteiger charge is -2.45. The lowest BCUT2D eigenvalue weighted by molar-refractivity contribution is 0.590. The minimum Gasteiger partial charge on any atom is -0.313 e. The molecule has 0 radical (unpaired) electrons. The Morgan fingerprint density at radius 1 is 0.302 bits per heavy atom. The van der Waals surface area contributed by atoms with Crippen LogP contribution in [-0.2, 0) is 10.8 Å². The van der Waals surface area contributed by atoms with E-state index in [4.69, 9.17) is 0 Å². The fourth-order valence-corrected chi connectivity index (χ4v) is 16.0. The van der Waals surface area contributed by atoms with Gasteiger partial charge in [-0.1, -0.05) is 219 Å². The first-order valence-electron chi connectivity index (χ1n) is 30.9. The number of anilines is 3. The fraction of sp³-hybridized carbons (Fsp3) is 0.175. The summed E-state index contributed by atoms with van der Waals surface area (Å²) in [5.74, 6) is 0. The van der Waals surface area contributed by atoms with Crippen LogP contribution in [0.3, 0.4) is 0 Å². The molecule has 5 heterocycles. The van der Waals surface area contributed by atoms with Gasteiger partial charge in [0, 0.05) is 66.4 Å². The Labute approximate surface area is 506 Å². The number of para-hydroxylation sites is 4. The van der Waals surface area contributed by atoms with Crippen LogP contribution in [0, 0.1) is 41.5 Å². The zero-order valence-electron chi connectivity index (χ0n) is 51.6. The molecule has 0 saturated carbocycles. The first kappa shape index (κ1) is 52.3. The van der Waals surface area contributed by atoms with Crippen molar-refractivity contribution >= 4 is 129 Å². The Bertz CT molecular complexity index is 4980. The van der Waals surface area contributed by atoms with E-state index in [0.29, 0.717) is 0 Å². The van der Waals surface area contributed by atoms with Crippen LogP contribution < -0.4 is 37.7 Å². The molecule has 0 unspecified atom stereocenters. The molecule has 416 valence electrons. The van der Waals surface area contributed by atoms with Gasteiger partial charge in [-0.3, -0.25) is 0 Å². The minimum absolute atomic E-state index is 0.0679. The van der Waals surface area contributed by atoms with E-state index >= 15 is 0 Å². The van der Waals surface area contributed by atoms with Crippen LogP contribution in [0.2, 0.25) is 0 Å². The van der Waals surface area contributed by atoms with Gasteiger partial charge in [0.2, 0.25) is 13.4 Å².